The van der Waals surface area contributed by atoms with E-state index in [1.54, 1.807) is 12.1 Å². The monoisotopic (exact) mass is 499 g/mol. The molecule has 0 fully saturated rings. The number of rotatable bonds is 7. The van der Waals surface area contributed by atoms with Crippen LogP contribution in [0.2, 0.25) is 0 Å². The lowest BCUT2D eigenvalue weighted by Crippen LogP contribution is -2.22. The van der Waals surface area contributed by atoms with Crippen LogP contribution in [0, 0.1) is 18.3 Å². The zero-order valence-electron chi connectivity index (χ0n) is 21.8. The van der Waals surface area contributed by atoms with Gasteiger partial charge in [-0.15, -0.1) is 0 Å². The largest absolute Gasteiger partial charge is 0.436 e. The summed E-state index contributed by atoms with van der Waals surface area (Å²) in [4.78, 5) is 17.4. The highest BCUT2D eigenvalue weighted by atomic mass is 16.3. The molecule has 5 rings (SSSR count). The van der Waals surface area contributed by atoms with Crippen molar-refractivity contribution < 1.29 is 9.21 Å². The van der Waals surface area contributed by atoms with E-state index in [1.165, 1.54) is 11.1 Å². The molecule has 0 saturated heterocycles. The van der Waals surface area contributed by atoms with Crippen LogP contribution in [0.4, 0.5) is 0 Å². The average Bonchev–Trinajstić information content (AvgIpc) is 3.36. The van der Waals surface area contributed by atoms with E-state index in [1.807, 2.05) is 36.4 Å². The van der Waals surface area contributed by atoms with E-state index in [0.29, 0.717) is 24.4 Å². The maximum Gasteiger partial charge on any atom is 0.251 e. The summed E-state index contributed by atoms with van der Waals surface area (Å²) < 4.78 is 6.14. The Labute approximate surface area is 222 Å². The molecule has 5 heteroatoms. The van der Waals surface area contributed by atoms with Gasteiger partial charge in [0, 0.05) is 17.7 Å². The standard InChI is InChI=1S/C33H29N3O2/c1-21(2)29-18-24(16-17-34)19-30-31(29)38-33(36-30)28-14-12-27(13-15-28)32(37)35-20-23-6-10-26(11-7-23)25-8-4-22(3)5-9-25/h4-15,18-19,21H,16,20H2,1-3H3,(H,35,37). The first-order chi connectivity index (χ1) is 18.4. The summed E-state index contributed by atoms with van der Waals surface area (Å²) in [6.07, 6.45) is 0.332. The molecule has 0 aliphatic rings. The molecule has 5 aromatic rings. The van der Waals surface area contributed by atoms with Gasteiger partial charge in [0.2, 0.25) is 5.89 Å². The van der Waals surface area contributed by atoms with Gasteiger partial charge < -0.3 is 9.73 Å². The van der Waals surface area contributed by atoms with Gasteiger partial charge in [0.05, 0.1) is 12.5 Å². The summed E-state index contributed by atoms with van der Waals surface area (Å²) in [6, 6.07) is 30.1. The molecule has 0 bridgehead atoms. The van der Waals surface area contributed by atoms with Crippen molar-refractivity contribution in [2.24, 2.45) is 0 Å². The second-order valence-electron chi connectivity index (χ2n) is 9.86. The maximum atomic E-state index is 12.8. The Hall–Kier alpha value is -4.69. The molecule has 0 saturated carbocycles. The summed E-state index contributed by atoms with van der Waals surface area (Å²) in [5.74, 6) is 0.596. The van der Waals surface area contributed by atoms with E-state index in [9.17, 15) is 4.79 Å². The van der Waals surface area contributed by atoms with Crippen molar-refractivity contribution in [3.05, 3.63) is 113 Å². The van der Waals surface area contributed by atoms with E-state index in [4.69, 9.17) is 9.68 Å². The van der Waals surface area contributed by atoms with Gasteiger partial charge in [0.15, 0.2) is 5.58 Å². The summed E-state index contributed by atoms with van der Waals surface area (Å²) >= 11 is 0. The number of nitrogens with zero attached hydrogens (tertiary/aromatic N) is 2. The molecule has 1 N–H and O–H groups in total. The fourth-order valence-electron chi connectivity index (χ4n) is 4.47. The van der Waals surface area contributed by atoms with Crippen LogP contribution < -0.4 is 5.32 Å². The molecule has 5 nitrogen and oxygen atoms in total. The van der Waals surface area contributed by atoms with Gasteiger partial charge in [-0.2, -0.15) is 5.26 Å². The van der Waals surface area contributed by atoms with E-state index >= 15 is 0 Å². The Morgan fingerprint density at radius 2 is 1.53 bits per heavy atom. The quantitative estimate of drug-likeness (QED) is 0.250. The summed E-state index contributed by atoms with van der Waals surface area (Å²) in [6.45, 7) is 6.72. The number of oxazole rings is 1. The number of carbonyl (C=O) groups is 1. The number of nitriles is 1. The molecule has 1 heterocycles. The highest BCUT2D eigenvalue weighted by molar-refractivity contribution is 5.94. The van der Waals surface area contributed by atoms with Crippen LogP contribution in [0.25, 0.3) is 33.7 Å². The molecular weight excluding hydrogens is 470 g/mol. The lowest BCUT2D eigenvalue weighted by atomic mass is 9.98. The summed E-state index contributed by atoms with van der Waals surface area (Å²) in [5, 5.41) is 12.1. The van der Waals surface area contributed by atoms with Gasteiger partial charge in [0.1, 0.15) is 5.52 Å². The molecule has 0 aliphatic carbocycles. The van der Waals surface area contributed by atoms with Crippen molar-refractivity contribution in [3.8, 4) is 28.7 Å². The Balaban J connectivity index is 1.27. The van der Waals surface area contributed by atoms with Crippen molar-refractivity contribution in [2.45, 2.75) is 39.7 Å². The van der Waals surface area contributed by atoms with Crippen LogP contribution in [0.3, 0.4) is 0 Å². The number of carbonyl (C=O) groups excluding carboxylic acids is 1. The lowest BCUT2D eigenvalue weighted by Gasteiger charge is -2.08. The molecule has 188 valence electrons. The smallest absolute Gasteiger partial charge is 0.251 e. The van der Waals surface area contributed by atoms with Gasteiger partial charge >= 0.3 is 0 Å². The van der Waals surface area contributed by atoms with Crippen LogP contribution in [0.5, 0.6) is 0 Å². The zero-order valence-corrected chi connectivity index (χ0v) is 21.8. The van der Waals surface area contributed by atoms with Crippen LogP contribution in [0.1, 0.15) is 52.4 Å². The topological polar surface area (TPSA) is 78.9 Å². The van der Waals surface area contributed by atoms with Gasteiger partial charge in [-0.25, -0.2) is 4.98 Å². The number of fused-ring (bicyclic) bond motifs is 1. The van der Waals surface area contributed by atoms with Crippen molar-refractivity contribution in [2.75, 3.05) is 0 Å². The second kappa shape index (κ2) is 10.7. The predicted octanol–water partition coefficient (Wildman–Crippen LogP) is 7.59. The molecule has 0 radical (unpaired) electrons. The van der Waals surface area contributed by atoms with E-state index in [0.717, 1.165) is 38.9 Å². The van der Waals surface area contributed by atoms with Gasteiger partial charge in [0.25, 0.3) is 5.91 Å². The number of amides is 1. The Bertz CT molecular complexity index is 1620. The number of hydrogen-bond acceptors (Lipinski definition) is 4. The third kappa shape index (κ3) is 5.35. The summed E-state index contributed by atoms with van der Waals surface area (Å²) in [7, 11) is 0. The predicted molar refractivity (Wildman–Crippen MR) is 151 cm³/mol. The normalized spacial score (nSPS) is 11.0. The Morgan fingerprint density at radius 3 is 2.16 bits per heavy atom. The number of nitrogens with one attached hydrogen (secondary N) is 1. The van der Waals surface area contributed by atoms with E-state index in [2.05, 4.69) is 73.5 Å². The van der Waals surface area contributed by atoms with Gasteiger partial charge in [-0.05, 0) is 71.0 Å². The van der Waals surface area contributed by atoms with Crippen LogP contribution in [0.15, 0.2) is 89.3 Å². The van der Waals surface area contributed by atoms with Crippen molar-refractivity contribution in [1.82, 2.24) is 10.3 Å². The molecule has 0 aliphatic heterocycles. The molecular formula is C33H29N3O2. The van der Waals surface area contributed by atoms with E-state index in [-0.39, 0.29) is 11.8 Å². The molecule has 4 aromatic carbocycles. The molecule has 0 atom stereocenters. The molecule has 1 amide bonds. The van der Waals surface area contributed by atoms with Gasteiger partial charge in [-0.3, -0.25) is 4.79 Å². The third-order valence-corrected chi connectivity index (χ3v) is 6.67. The van der Waals surface area contributed by atoms with E-state index < -0.39 is 0 Å². The minimum atomic E-state index is -0.139. The number of benzene rings is 4. The Kier molecular flexibility index (Phi) is 7.06. The third-order valence-electron chi connectivity index (χ3n) is 6.67. The van der Waals surface area contributed by atoms with Gasteiger partial charge in [-0.1, -0.05) is 74.0 Å². The van der Waals surface area contributed by atoms with Crippen molar-refractivity contribution in [1.29, 1.82) is 5.26 Å². The number of hydrogen-bond donors (Lipinski definition) is 1. The molecule has 38 heavy (non-hydrogen) atoms. The molecule has 0 spiro atoms. The minimum Gasteiger partial charge on any atom is -0.436 e. The van der Waals surface area contributed by atoms with Crippen molar-refractivity contribution >= 4 is 17.0 Å². The molecule has 0 unspecified atom stereocenters. The number of aromatic nitrogens is 1. The zero-order chi connectivity index (χ0) is 26.6. The maximum absolute atomic E-state index is 12.8. The van der Waals surface area contributed by atoms with Crippen LogP contribution >= 0.6 is 0 Å². The first-order valence-corrected chi connectivity index (χ1v) is 12.8. The average molecular weight is 500 g/mol. The lowest BCUT2D eigenvalue weighted by molar-refractivity contribution is 0.0951. The summed E-state index contributed by atoms with van der Waals surface area (Å²) in [5.41, 5.74) is 9.41. The fourth-order valence-corrected chi connectivity index (χ4v) is 4.47. The second-order valence-corrected chi connectivity index (χ2v) is 9.86. The minimum absolute atomic E-state index is 0.139. The Morgan fingerprint density at radius 1 is 0.895 bits per heavy atom. The van der Waals surface area contributed by atoms with Crippen molar-refractivity contribution in [3.63, 3.8) is 0 Å². The number of aryl methyl sites for hydroxylation is 1. The van der Waals surface area contributed by atoms with Crippen LogP contribution in [-0.4, -0.2) is 10.9 Å². The first-order valence-electron chi connectivity index (χ1n) is 12.8. The highest BCUT2D eigenvalue weighted by Gasteiger charge is 2.16. The first kappa shape index (κ1) is 25.0. The fraction of sp³-hybridized carbons (Fsp3) is 0.182. The SMILES string of the molecule is Cc1ccc(-c2ccc(CNC(=O)c3ccc(-c4nc5cc(CC#N)cc(C(C)C)c5o4)cc3)cc2)cc1. The molecule has 1 aromatic heterocycles. The highest BCUT2D eigenvalue weighted by Crippen LogP contribution is 2.32. The van der Waals surface area contributed by atoms with Crippen LogP contribution in [-0.2, 0) is 13.0 Å².